The van der Waals surface area contributed by atoms with E-state index in [0.717, 1.165) is 12.1 Å². The second-order valence-electron chi connectivity index (χ2n) is 3.73. The van der Waals surface area contributed by atoms with Crippen molar-refractivity contribution in [3.8, 4) is 5.88 Å². The molecule has 0 aliphatic carbocycles. The second-order valence-corrected chi connectivity index (χ2v) is 3.73. The molecule has 0 atom stereocenters. The van der Waals surface area contributed by atoms with E-state index in [2.05, 4.69) is 15.3 Å². The highest BCUT2D eigenvalue weighted by molar-refractivity contribution is 5.61. The van der Waals surface area contributed by atoms with Crippen LogP contribution in [0.5, 0.6) is 5.88 Å². The first-order chi connectivity index (χ1) is 9.41. The summed E-state index contributed by atoms with van der Waals surface area (Å²) in [5.74, 6) is -0.840. The quantitative estimate of drug-likeness (QED) is 0.879. The predicted molar refractivity (Wildman–Crippen MR) is 63.3 cm³/mol. The van der Waals surface area contributed by atoms with Gasteiger partial charge < -0.3 is 10.1 Å². The molecule has 1 heterocycles. The minimum atomic E-state index is -4.59. The zero-order valence-corrected chi connectivity index (χ0v) is 10.2. The van der Waals surface area contributed by atoms with E-state index in [1.165, 1.54) is 19.5 Å². The van der Waals surface area contributed by atoms with Gasteiger partial charge in [0.1, 0.15) is 5.82 Å². The number of hydrogen-bond donors (Lipinski definition) is 1. The third-order valence-corrected chi connectivity index (χ3v) is 2.41. The highest BCUT2D eigenvalue weighted by Crippen LogP contribution is 2.32. The Kier molecular flexibility index (Phi) is 3.73. The molecule has 4 nitrogen and oxygen atoms in total. The van der Waals surface area contributed by atoms with Gasteiger partial charge in [-0.25, -0.2) is 14.4 Å². The number of methoxy groups -OCH3 is 1. The molecule has 0 aliphatic rings. The normalized spacial score (nSPS) is 11.2. The lowest BCUT2D eigenvalue weighted by Gasteiger charge is -2.11. The minimum absolute atomic E-state index is 0.104. The number of nitrogens with one attached hydrogen (secondary N) is 1. The Balaban J connectivity index is 2.31. The van der Waals surface area contributed by atoms with E-state index in [1.807, 2.05) is 0 Å². The summed E-state index contributed by atoms with van der Waals surface area (Å²) in [6.45, 7) is 0. The number of alkyl halides is 3. The van der Waals surface area contributed by atoms with Gasteiger partial charge in [0.05, 0.1) is 18.4 Å². The monoisotopic (exact) mass is 287 g/mol. The zero-order chi connectivity index (χ0) is 14.8. The Morgan fingerprint density at radius 1 is 1.15 bits per heavy atom. The largest absolute Gasteiger partial charge is 0.478 e. The van der Waals surface area contributed by atoms with Crippen LogP contribution < -0.4 is 10.1 Å². The fourth-order valence-electron chi connectivity index (χ4n) is 1.48. The van der Waals surface area contributed by atoms with Gasteiger partial charge in [-0.15, -0.1) is 0 Å². The van der Waals surface area contributed by atoms with Crippen LogP contribution in [0.3, 0.4) is 0 Å². The number of rotatable bonds is 3. The Morgan fingerprint density at radius 3 is 2.45 bits per heavy atom. The van der Waals surface area contributed by atoms with Crippen LogP contribution in [0.15, 0.2) is 30.6 Å². The van der Waals surface area contributed by atoms with Crippen molar-refractivity contribution in [3.05, 3.63) is 42.0 Å². The van der Waals surface area contributed by atoms with Gasteiger partial charge in [0.25, 0.3) is 5.88 Å². The van der Waals surface area contributed by atoms with E-state index in [1.54, 1.807) is 0 Å². The fourth-order valence-corrected chi connectivity index (χ4v) is 1.48. The maximum absolute atomic E-state index is 13.7. The maximum atomic E-state index is 13.7. The molecule has 2 rings (SSSR count). The fraction of sp³-hybridized carbons (Fsp3) is 0.167. The molecule has 0 unspecified atom stereocenters. The summed E-state index contributed by atoms with van der Waals surface area (Å²) in [5, 5.41) is 2.53. The highest BCUT2D eigenvalue weighted by atomic mass is 19.4. The molecule has 20 heavy (non-hydrogen) atoms. The molecule has 1 aromatic heterocycles. The number of anilines is 2. The zero-order valence-electron chi connectivity index (χ0n) is 10.2. The van der Waals surface area contributed by atoms with Gasteiger partial charge in [0, 0.05) is 12.4 Å². The van der Waals surface area contributed by atoms with Crippen LogP contribution in [0.25, 0.3) is 0 Å². The molecule has 0 aliphatic heterocycles. The third-order valence-electron chi connectivity index (χ3n) is 2.41. The number of hydrogen-bond acceptors (Lipinski definition) is 4. The molecule has 0 spiro atoms. The van der Waals surface area contributed by atoms with E-state index in [-0.39, 0.29) is 17.4 Å². The third kappa shape index (κ3) is 2.95. The molecular weight excluding hydrogens is 278 g/mol. The summed E-state index contributed by atoms with van der Waals surface area (Å²) in [4.78, 5) is 7.70. The van der Waals surface area contributed by atoms with E-state index in [4.69, 9.17) is 4.74 Å². The lowest BCUT2D eigenvalue weighted by atomic mass is 10.2. The second kappa shape index (κ2) is 5.32. The molecule has 1 N–H and O–H groups in total. The number of aromatic nitrogens is 2. The van der Waals surface area contributed by atoms with Crippen molar-refractivity contribution in [1.29, 1.82) is 0 Å². The van der Waals surface area contributed by atoms with E-state index in [9.17, 15) is 17.6 Å². The Bertz CT molecular complexity index is 616. The summed E-state index contributed by atoms with van der Waals surface area (Å²) in [6, 6.07) is 2.16. The molecule has 0 saturated heterocycles. The maximum Gasteiger partial charge on any atom is 0.416 e. The average Bonchev–Trinajstić information content (AvgIpc) is 2.40. The van der Waals surface area contributed by atoms with Crippen molar-refractivity contribution < 1.29 is 22.3 Å². The molecule has 1 aromatic carbocycles. The van der Waals surface area contributed by atoms with Crippen molar-refractivity contribution in [2.45, 2.75) is 6.18 Å². The Hall–Kier alpha value is -2.38. The highest BCUT2D eigenvalue weighted by Gasteiger charge is 2.31. The molecular formula is C12H9F4N3O. The lowest BCUT2D eigenvalue weighted by molar-refractivity contribution is -0.137. The van der Waals surface area contributed by atoms with E-state index >= 15 is 0 Å². The standard InChI is InChI=1S/C12H9F4N3O/c1-20-11-10(17-4-5-18-11)19-9-3-2-7(6-8(9)13)12(14,15)16/h2-6H,1H3,(H,17,19). The Labute approximate surface area is 111 Å². The summed E-state index contributed by atoms with van der Waals surface area (Å²) < 4.78 is 55.8. The van der Waals surface area contributed by atoms with Gasteiger partial charge in [-0.1, -0.05) is 0 Å². The van der Waals surface area contributed by atoms with Gasteiger partial charge in [0.2, 0.25) is 0 Å². The predicted octanol–water partition coefficient (Wildman–Crippen LogP) is 3.39. The van der Waals surface area contributed by atoms with Gasteiger partial charge >= 0.3 is 6.18 Å². The van der Waals surface area contributed by atoms with Crippen LogP contribution in [0.2, 0.25) is 0 Å². The van der Waals surface area contributed by atoms with Crippen molar-refractivity contribution >= 4 is 11.5 Å². The number of benzene rings is 1. The smallest absolute Gasteiger partial charge is 0.416 e. The number of nitrogens with zero attached hydrogens (tertiary/aromatic N) is 2. The van der Waals surface area contributed by atoms with Gasteiger partial charge in [-0.05, 0) is 18.2 Å². The van der Waals surface area contributed by atoms with Crippen LogP contribution in [0, 0.1) is 5.82 Å². The Morgan fingerprint density at radius 2 is 1.85 bits per heavy atom. The first kappa shape index (κ1) is 14.0. The van der Waals surface area contributed by atoms with Crippen LogP contribution in [0.1, 0.15) is 5.56 Å². The van der Waals surface area contributed by atoms with Crippen molar-refractivity contribution in [3.63, 3.8) is 0 Å². The molecule has 2 aromatic rings. The van der Waals surface area contributed by atoms with Crippen LogP contribution in [-0.4, -0.2) is 17.1 Å². The van der Waals surface area contributed by atoms with Crippen molar-refractivity contribution in [2.75, 3.05) is 12.4 Å². The molecule has 106 valence electrons. The molecule has 8 heteroatoms. The van der Waals surface area contributed by atoms with Crippen molar-refractivity contribution in [1.82, 2.24) is 9.97 Å². The van der Waals surface area contributed by atoms with Crippen LogP contribution in [0.4, 0.5) is 29.1 Å². The first-order valence-electron chi connectivity index (χ1n) is 5.40. The number of halogens is 4. The summed E-state index contributed by atoms with van der Waals surface area (Å²) >= 11 is 0. The lowest BCUT2D eigenvalue weighted by Crippen LogP contribution is -2.06. The molecule has 0 radical (unpaired) electrons. The topological polar surface area (TPSA) is 47.0 Å². The SMILES string of the molecule is COc1nccnc1Nc1ccc(C(F)(F)F)cc1F. The van der Waals surface area contributed by atoms with Gasteiger partial charge in [-0.2, -0.15) is 13.2 Å². The molecule has 0 bridgehead atoms. The van der Waals surface area contributed by atoms with Gasteiger partial charge in [0.15, 0.2) is 5.82 Å². The molecule has 0 amide bonds. The van der Waals surface area contributed by atoms with Crippen LogP contribution in [-0.2, 0) is 6.18 Å². The average molecular weight is 287 g/mol. The minimum Gasteiger partial charge on any atom is -0.478 e. The molecule has 0 saturated carbocycles. The van der Waals surface area contributed by atoms with E-state index < -0.39 is 17.6 Å². The van der Waals surface area contributed by atoms with Crippen LogP contribution >= 0.6 is 0 Å². The van der Waals surface area contributed by atoms with E-state index in [0.29, 0.717) is 6.07 Å². The summed E-state index contributed by atoms with van der Waals surface area (Å²) in [7, 11) is 1.35. The number of ether oxygens (including phenoxy) is 1. The summed E-state index contributed by atoms with van der Waals surface area (Å²) in [5.41, 5.74) is -1.22. The van der Waals surface area contributed by atoms with Gasteiger partial charge in [-0.3, -0.25) is 0 Å². The van der Waals surface area contributed by atoms with Crippen molar-refractivity contribution in [2.24, 2.45) is 0 Å². The first-order valence-corrected chi connectivity index (χ1v) is 5.40. The summed E-state index contributed by atoms with van der Waals surface area (Å²) in [6.07, 6.45) is -1.89. The molecule has 0 fully saturated rings.